The number of halogens is 1. The molecular weight excluding hydrogens is 369 g/mol. The molecule has 0 atom stereocenters. The van der Waals surface area contributed by atoms with Crippen LogP contribution in [0.4, 0.5) is 27.3 Å². The van der Waals surface area contributed by atoms with Gasteiger partial charge in [-0.2, -0.15) is 0 Å². The van der Waals surface area contributed by atoms with E-state index < -0.39 is 0 Å². The maximum Gasteiger partial charge on any atom is 0.275 e. The van der Waals surface area contributed by atoms with Crippen molar-refractivity contribution in [3.05, 3.63) is 71.9 Å². The molecule has 0 aliphatic rings. The number of nitrogens with zero attached hydrogens (tertiary/aromatic N) is 3. The molecule has 6 nitrogen and oxygen atoms in total. The van der Waals surface area contributed by atoms with Crippen LogP contribution in [0.2, 0.25) is 0 Å². The Hall–Kier alpha value is -3.48. The number of amides is 1. The van der Waals surface area contributed by atoms with Crippen LogP contribution in [0.1, 0.15) is 29.9 Å². The van der Waals surface area contributed by atoms with Crippen LogP contribution in [-0.4, -0.2) is 29.0 Å². The molecule has 0 fully saturated rings. The predicted octanol–water partition coefficient (Wildman–Crippen LogP) is 4.77. The van der Waals surface area contributed by atoms with E-state index >= 15 is 0 Å². The Kier molecular flexibility index (Phi) is 6.39. The van der Waals surface area contributed by atoms with Crippen molar-refractivity contribution in [1.29, 1.82) is 0 Å². The molecule has 3 rings (SSSR count). The Labute approximate surface area is 169 Å². The van der Waals surface area contributed by atoms with Crippen molar-refractivity contribution in [3.8, 4) is 0 Å². The second kappa shape index (κ2) is 9.14. The second-order valence-electron chi connectivity index (χ2n) is 6.55. The third-order valence-electron chi connectivity index (χ3n) is 4.57. The first-order chi connectivity index (χ1) is 14.0. The van der Waals surface area contributed by atoms with Crippen molar-refractivity contribution in [2.24, 2.45) is 0 Å². The highest BCUT2D eigenvalue weighted by Gasteiger charge is 2.11. The van der Waals surface area contributed by atoms with Crippen molar-refractivity contribution in [2.75, 3.05) is 28.6 Å². The zero-order valence-electron chi connectivity index (χ0n) is 16.7. The van der Waals surface area contributed by atoms with Crippen LogP contribution in [0.3, 0.4) is 0 Å². The molecule has 2 N–H and O–H groups in total. The lowest BCUT2D eigenvalue weighted by atomic mass is 10.1. The van der Waals surface area contributed by atoms with E-state index in [-0.39, 0.29) is 17.4 Å². The highest BCUT2D eigenvalue weighted by atomic mass is 19.1. The summed E-state index contributed by atoms with van der Waals surface area (Å²) in [4.78, 5) is 23.1. The van der Waals surface area contributed by atoms with Crippen LogP contribution >= 0.6 is 0 Å². The van der Waals surface area contributed by atoms with Gasteiger partial charge in [0.25, 0.3) is 5.91 Å². The molecule has 0 bridgehead atoms. The fourth-order valence-electron chi connectivity index (χ4n) is 2.98. The van der Waals surface area contributed by atoms with Gasteiger partial charge in [-0.3, -0.25) is 4.79 Å². The molecule has 1 aromatic heterocycles. The Morgan fingerprint density at radius 1 is 1.07 bits per heavy atom. The first kappa shape index (κ1) is 20.3. The van der Waals surface area contributed by atoms with Crippen molar-refractivity contribution >= 4 is 28.8 Å². The number of hydrogen-bond acceptors (Lipinski definition) is 5. The van der Waals surface area contributed by atoms with Gasteiger partial charge in [0.1, 0.15) is 17.3 Å². The number of aryl methyl sites for hydroxylation is 1. The van der Waals surface area contributed by atoms with Crippen molar-refractivity contribution in [3.63, 3.8) is 0 Å². The molecule has 0 aliphatic carbocycles. The first-order valence-electron chi connectivity index (χ1n) is 9.51. The lowest BCUT2D eigenvalue weighted by Crippen LogP contribution is -2.22. The molecule has 3 aromatic rings. The van der Waals surface area contributed by atoms with Crippen molar-refractivity contribution < 1.29 is 9.18 Å². The number of anilines is 4. The molecule has 0 radical (unpaired) electrons. The summed E-state index contributed by atoms with van der Waals surface area (Å²) in [6.07, 6.45) is 2.83. The fraction of sp³-hybridized carbons (Fsp3) is 0.227. The van der Waals surface area contributed by atoms with Crippen LogP contribution in [0, 0.1) is 12.7 Å². The van der Waals surface area contributed by atoms with Gasteiger partial charge in [-0.1, -0.05) is 6.07 Å². The average Bonchev–Trinajstić information content (AvgIpc) is 2.71. The molecule has 150 valence electrons. The minimum Gasteiger partial charge on any atom is -0.372 e. The predicted molar refractivity (Wildman–Crippen MR) is 114 cm³/mol. The van der Waals surface area contributed by atoms with Crippen LogP contribution in [0.25, 0.3) is 0 Å². The molecule has 29 heavy (non-hydrogen) atoms. The van der Waals surface area contributed by atoms with Gasteiger partial charge in [-0.15, -0.1) is 0 Å². The van der Waals surface area contributed by atoms with Crippen LogP contribution < -0.4 is 15.5 Å². The molecule has 0 aliphatic heterocycles. The SMILES string of the molecule is CCN(CC)c1ccc(NC(=O)c2cnc(Nc3cccc(F)c3)cn2)c(C)c1. The average molecular weight is 393 g/mol. The molecule has 7 heteroatoms. The van der Waals surface area contributed by atoms with Gasteiger partial charge in [-0.25, -0.2) is 14.4 Å². The smallest absolute Gasteiger partial charge is 0.275 e. The quantitative estimate of drug-likeness (QED) is 0.605. The topological polar surface area (TPSA) is 70.2 Å². The number of hydrogen-bond donors (Lipinski definition) is 2. The highest BCUT2D eigenvalue weighted by molar-refractivity contribution is 6.03. The number of nitrogens with one attached hydrogen (secondary N) is 2. The minimum atomic E-state index is -0.346. The maximum absolute atomic E-state index is 13.3. The summed E-state index contributed by atoms with van der Waals surface area (Å²) in [5.74, 6) is -0.262. The summed E-state index contributed by atoms with van der Waals surface area (Å²) < 4.78 is 13.3. The maximum atomic E-state index is 13.3. The molecule has 1 amide bonds. The summed E-state index contributed by atoms with van der Waals surface area (Å²) in [7, 11) is 0. The molecule has 0 saturated heterocycles. The van der Waals surface area contributed by atoms with E-state index in [2.05, 4.69) is 45.4 Å². The lowest BCUT2D eigenvalue weighted by molar-refractivity contribution is 0.102. The van der Waals surface area contributed by atoms with Crippen molar-refractivity contribution in [2.45, 2.75) is 20.8 Å². The van der Waals surface area contributed by atoms with Gasteiger partial charge in [0.2, 0.25) is 0 Å². The standard InChI is InChI=1S/C22H24FN5O/c1-4-28(5-2)18-9-10-19(15(3)11-18)27-22(29)20-13-25-21(14-24-20)26-17-8-6-7-16(23)12-17/h6-14H,4-5H2,1-3H3,(H,25,26)(H,27,29). The summed E-state index contributed by atoms with van der Waals surface area (Å²) in [6.45, 7) is 8.03. The third-order valence-corrected chi connectivity index (χ3v) is 4.57. The summed E-state index contributed by atoms with van der Waals surface area (Å²) in [6, 6.07) is 12.0. The van der Waals surface area contributed by atoms with E-state index in [4.69, 9.17) is 0 Å². The van der Waals surface area contributed by atoms with Gasteiger partial charge >= 0.3 is 0 Å². The molecule has 0 saturated carbocycles. The molecule has 1 heterocycles. The largest absolute Gasteiger partial charge is 0.372 e. The molecule has 2 aromatic carbocycles. The Balaban J connectivity index is 1.68. The lowest BCUT2D eigenvalue weighted by Gasteiger charge is -2.22. The monoisotopic (exact) mass is 393 g/mol. The van der Waals surface area contributed by atoms with E-state index in [1.54, 1.807) is 12.1 Å². The van der Waals surface area contributed by atoms with Gasteiger partial charge in [0, 0.05) is 30.2 Å². The normalized spacial score (nSPS) is 10.5. The van der Waals surface area contributed by atoms with E-state index in [9.17, 15) is 9.18 Å². The highest BCUT2D eigenvalue weighted by Crippen LogP contribution is 2.23. The van der Waals surface area contributed by atoms with Crippen molar-refractivity contribution in [1.82, 2.24) is 9.97 Å². The zero-order chi connectivity index (χ0) is 20.8. The summed E-state index contributed by atoms with van der Waals surface area (Å²) in [5.41, 5.74) is 3.58. The van der Waals surface area contributed by atoms with E-state index in [1.165, 1.54) is 24.5 Å². The van der Waals surface area contributed by atoms with E-state index in [0.29, 0.717) is 11.5 Å². The Bertz CT molecular complexity index is 987. The van der Waals surface area contributed by atoms with Gasteiger partial charge in [0.05, 0.1) is 12.4 Å². The molecular formula is C22H24FN5O. The third kappa shape index (κ3) is 5.07. The van der Waals surface area contributed by atoms with E-state index in [0.717, 1.165) is 30.0 Å². The van der Waals surface area contributed by atoms with Gasteiger partial charge < -0.3 is 15.5 Å². The Morgan fingerprint density at radius 2 is 1.86 bits per heavy atom. The molecule has 0 unspecified atom stereocenters. The number of rotatable bonds is 7. The van der Waals surface area contributed by atoms with E-state index in [1.807, 2.05) is 19.1 Å². The van der Waals surface area contributed by atoms with Crippen LogP contribution in [0.5, 0.6) is 0 Å². The number of aromatic nitrogens is 2. The summed E-state index contributed by atoms with van der Waals surface area (Å²) in [5, 5.41) is 5.82. The second-order valence-corrected chi connectivity index (χ2v) is 6.55. The summed E-state index contributed by atoms with van der Waals surface area (Å²) >= 11 is 0. The minimum absolute atomic E-state index is 0.196. The Morgan fingerprint density at radius 3 is 2.48 bits per heavy atom. The first-order valence-corrected chi connectivity index (χ1v) is 9.51. The zero-order valence-corrected chi connectivity index (χ0v) is 16.7. The number of carbonyl (C=O) groups excluding carboxylic acids is 1. The van der Waals surface area contributed by atoms with Gasteiger partial charge in [-0.05, 0) is 62.7 Å². The van der Waals surface area contributed by atoms with Crippen LogP contribution in [0.15, 0.2) is 54.9 Å². The fourth-order valence-corrected chi connectivity index (χ4v) is 2.98. The number of benzene rings is 2. The molecule has 0 spiro atoms. The van der Waals surface area contributed by atoms with Gasteiger partial charge in [0.15, 0.2) is 0 Å². The number of carbonyl (C=O) groups is 1. The van der Waals surface area contributed by atoms with Crippen LogP contribution in [-0.2, 0) is 0 Å².